The number of thiocarbonyl (C=S) groups is 1. The van der Waals surface area contributed by atoms with Crippen LogP contribution in [0.15, 0.2) is 53.0 Å². The average molecular weight is 349 g/mol. The molecule has 5 heteroatoms. The van der Waals surface area contributed by atoms with Crippen molar-refractivity contribution < 1.29 is 4.79 Å². The van der Waals surface area contributed by atoms with Crippen LogP contribution in [-0.2, 0) is 0 Å². The van der Waals surface area contributed by atoms with Crippen LogP contribution in [0.2, 0.25) is 0 Å². The van der Waals surface area contributed by atoms with Crippen molar-refractivity contribution in [2.24, 2.45) is 5.73 Å². The summed E-state index contributed by atoms with van der Waals surface area (Å²) in [6, 6.07) is 14.6. The Morgan fingerprint density at radius 3 is 2.45 bits per heavy atom. The number of hydrogen-bond donors (Lipinski definition) is 1. The lowest BCUT2D eigenvalue weighted by atomic mass is 10.1. The minimum atomic E-state index is -0.0913. The number of hydrogen-bond acceptors (Lipinski definition) is 2. The average Bonchev–Trinajstić information content (AvgIpc) is 2.45. The third-order valence-corrected chi connectivity index (χ3v) is 3.62. The molecule has 20 heavy (non-hydrogen) atoms. The number of rotatable bonds is 3. The molecule has 102 valence electrons. The van der Waals surface area contributed by atoms with Crippen LogP contribution in [-0.4, -0.2) is 17.9 Å². The van der Waals surface area contributed by atoms with Gasteiger partial charge in [-0.3, -0.25) is 4.79 Å². The van der Waals surface area contributed by atoms with Gasteiger partial charge in [0.05, 0.1) is 0 Å². The van der Waals surface area contributed by atoms with E-state index in [-0.39, 0.29) is 5.91 Å². The van der Waals surface area contributed by atoms with Gasteiger partial charge in [-0.2, -0.15) is 0 Å². The third kappa shape index (κ3) is 3.23. The van der Waals surface area contributed by atoms with E-state index in [0.29, 0.717) is 10.6 Å². The van der Waals surface area contributed by atoms with Crippen LogP contribution in [0.4, 0.5) is 5.69 Å². The Balaban J connectivity index is 2.31. The Morgan fingerprint density at radius 2 is 1.80 bits per heavy atom. The predicted octanol–water partition coefficient (Wildman–Crippen LogP) is 3.36. The molecular weight excluding hydrogens is 336 g/mol. The lowest BCUT2D eigenvalue weighted by Crippen LogP contribution is -2.26. The molecule has 0 aliphatic rings. The number of halogens is 1. The monoisotopic (exact) mass is 348 g/mol. The summed E-state index contributed by atoms with van der Waals surface area (Å²) in [4.78, 5) is 14.3. The van der Waals surface area contributed by atoms with Gasteiger partial charge in [0.1, 0.15) is 4.99 Å². The second-order valence-corrected chi connectivity index (χ2v) is 5.64. The summed E-state index contributed by atoms with van der Waals surface area (Å²) in [5.41, 5.74) is 7.72. The maximum atomic E-state index is 12.4. The molecule has 0 spiro atoms. The van der Waals surface area contributed by atoms with Crippen LogP contribution in [0.1, 0.15) is 15.9 Å². The summed E-state index contributed by atoms with van der Waals surface area (Å²) in [6.07, 6.45) is 0. The summed E-state index contributed by atoms with van der Waals surface area (Å²) >= 11 is 8.31. The number of carbonyl (C=O) groups is 1. The number of anilines is 1. The highest BCUT2D eigenvalue weighted by atomic mass is 79.9. The van der Waals surface area contributed by atoms with E-state index >= 15 is 0 Å². The van der Waals surface area contributed by atoms with E-state index in [1.54, 1.807) is 30.1 Å². The molecule has 0 bridgehead atoms. The van der Waals surface area contributed by atoms with Crippen molar-refractivity contribution in [1.29, 1.82) is 0 Å². The summed E-state index contributed by atoms with van der Waals surface area (Å²) < 4.78 is 0.869. The fraction of sp³-hybridized carbons (Fsp3) is 0.0667. The van der Waals surface area contributed by atoms with Gasteiger partial charge in [0.25, 0.3) is 5.91 Å². The van der Waals surface area contributed by atoms with E-state index in [0.717, 1.165) is 15.7 Å². The van der Waals surface area contributed by atoms with Crippen molar-refractivity contribution in [2.45, 2.75) is 0 Å². The predicted molar refractivity (Wildman–Crippen MR) is 89.2 cm³/mol. The molecule has 0 heterocycles. The van der Waals surface area contributed by atoms with Crippen molar-refractivity contribution in [1.82, 2.24) is 0 Å². The molecule has 2 rings (SSSR count). The van der Waals surface area contributed by atoms with Crippen molar-refractivity contribution >= 4 is 44.7 Å². The maximum absolute atomic E-state index is 12.4. The maximum Gasteiger partial charge on any atom is 0.258 e. The second kappa shape index (κ2) is 6.15. The third-order valence-electron chi connectivity index (χ3n) is 2.89. The van der Waals surface area contributed by atoms with E-state index in [9.17, 15) is 4.79 Å². The van der Waals surface area contributed by atoms with Gasteiger partial charge >= 0.3 is 0 Å². The topological polar surface area (TPSA) is 46.3 Å². The molecule has 3 nitrogen and oxygen atoms in total. The fourth-order valence-corrected chi connectivity index (χ4v) is 2.33. The zero-order chi connectivity index (χ0) is 14.7. The molecule has 0 aromatic heterocycles. The van der Waals surface area contributed by atoms with Gasteiger partial charge < -0.3 is 10.6 Å². The number of carbonyl (C=O) groups excluding carboxylic acids is 1. The van der Waals surface area contributed by atoms with Gasteiger partial charge in [0.2, 0.25) is 0 Å². The van der Waals surface area contributed by atoms with Crippen molar-refractivity contribution in [3.63, 3.8) is 0 Å². The van der Waals surface area contributed by atoms with E-state index in [4.69, 9.17) is 18.0 Å². The zero-order valence-corrected chi connectivity index (χ0v) is 13.2. The molecule has 0 aliphatic heterocycles. The standard InChI is InChI=1S/C15H13BrN2OS/c1-18(13-7-3-4-10(9-13)14(17)20)15(19)11-5-2-6-12(16)8-11/h2-9H,1H3,(H2,17,20). The highest BCUT2D eigenvalue weighted by Crippen LogP contribution is 2.19. The van der Waals surface area contributed by atoms with Gasteiger partial charge in [0.15, 0.2) is 0 Å². The van der Waals surface area contributed by atoms with Gasteiger partial charge in [-0.05, 0) is 30.3 Å². The highest BCUT2D eigenvalue weighted by Gasteiger charge is 2.14. The molecule has 2 aromatic carbocycles. The minimum Gasteiger partial charge on any atom is -0.389 e. The first-order valence-electron chi connectivity index (χ1n) is 5.92. The van der Waals surface area contributed by atoms with Crippen LogP contribution in [0.25, 0.3) is 0 Å². The Labute approximate surface area is 131 Å². The van der Waals surface area contributed by atoms with Crippen molar-refractivity contribution in [3.05, 3.63) is 64.1 Å². The Hall–Kier alpha value is -1.72. The van der Waals surface area contributed by atoms with Crippen LogP contribution in [0.3, 0.4) is 0 Å². The Kier molecular flexibility index (Phi) is 4.52. The first kappa shape index (κ1) is 14.7. The first-order valence-corrected chi connectivity index (χ1v) is 7.12. The summed E-state index contributed by atoms with van der Waals surface area (Å²) in [5, 5.41) is 0. The van der Waals surface area contributed by atoms with Gasteiger partial charge in [-0.25, -0.2) is 0 Å². The smallest absolute Gasteiger partial charge is 0.258 e. The van der Waals surface area contributed by atoms with E-state index < -0.39 is 0 Å². The van der Waals surface area contributed by atoms with Crippen LogP contribution < -0.4 is 10.6 Å². The normalized spacial score (nSPS) is 10.1. The Bertz CT molecular complexity index is 672. The molecule has 0 fully saturated rings. The zero-order valence-electron chi connectivity index (χ0n) is 10.8. The lowest BCUT2D eigenvalue weighted by molar-refractivity contribution is 0.0993. The largest absolute Gasteiger partial charge is 0.389 e. The van der Waals surface area contributed by atoms with Crippen LogP contribution in [0.5, 0.6) is 0 Å². The summed E-state index contributed by atoms with van der Waals surface area (Å²) in [5.74, 6) is -0.0913. The quantitative estimate of drug-likeness (QED) is 0.865. The molecule has 0 unspecified atom stereocenters. The Morgan fingerprint density at radius 1 is 1.15 bits per heavy atom. The molecule has 0 saturated heterocycles. The van der Waals surface area contributed by atoms with E-state index in [1.807, 2.05) is 30.3 Å². The molecule has 0 radical (unpaired) electrons. The number of benzene rings is 2. The lowest BCUT2D eigenvalue weighted by Gasteiger charge is -2.18. The fourth-order valence-electron chi connectivity index (χ4n) is 1.80. The molecule has 2 N–H and O–H groups in total. The van der Waals surface area contributed by atoms with E-state index in [1.165, 1.54) is 0 Å². The minimum absolute atomic E-state index is 0.0913. The van der Waals surface area contributed by atoms with Crippen LogP contribution in [0, 0.1) is 0 Å². The van der Waals surface area contributed by atoms with Gasteiger partial charge in [-0.1, -0.05) is 46.3 Å². The highest BCUT2D eigenvalue weighted by molar-refractivity contribution is 9.10. The number of nitrogens with two attached hydrogens (primary N) is 1. The summed E-state index contributed by atoms with van der Waals surface area (Å²) in [7, 11) is 1.72. The second-order valence-electron chi connectivity index (χ2n) is 4.29. The van der Waals surface area contributed by atoms with Gasteiger partial charge in [0, 0.05) is 28.3 Å². The molecule has 2 aromatic rings. The van der Waals surface area contributed by atoms with Crippen molar-refractivity contribution in [2.75, 3.05) is 11.9 Å². The van der Waals surface area contributed by atoms with Crippen LogP contribution >= 0.6 is 28.1 Å². The van der Waals surface area contributed by atoms with E-state index in [2.05, 4.69) is 15.9 Å². The number of amides is 1. The van der Waals surface area contributed by atoms with Crippen molar-refractivity contribution in [3.8, 4) is 0 Å². The SMILES string of the molecule is CN(C(=O)c1cccc(Br)c1)c1cccc(C(N)=S)c1. The molecule has 1 amide bonds. The number of nitrogens with zero attached hydrogens (tertiary/aromatic N) is 1. The molecule has 0 atom stereocenters. The molecule has 0 saturated carbocycles. The first-order chi connectivity index (χ1) is 9.49. The summed E-state index contributed by atoms with van der Waals surface area (Å²) in [6.45, 7) is 0. The van der Waals surface area contributed by atoms with Gasteiger partial charge in [-0.15, -0.1) is 0 Å². The molecule has 0 aliphatic carbocycles. The molecular formula is C15H13BrN2OS.